The van der Waals surface area contributed by atoms with Gasteiger partial charge in [0, 0.05) is 25.4 Å². The maximum atomic E-state index is 12.4. The van der Waals surface area contributed by atoms with E-state index in [1.54, 1.807) is 11.8 Å². The Morgan fingerprint density at radius 3 is 2.76 bits per heavy atom. The van der Waals surface area contributed by atoms with Crippen LogP contribution < -0.4 is 5.73 Å². The number of amides is 1. The Hall–Kier alpha value is -1.86. The van der Waals surface area contributed by atoms with Gasteiger partial charge >= 0.3 is 0 Å². The predicted octanol–water partition coefficient (Wildman–Crippen LogP) is 2.14. The summed E-state index contributed by atoms with van der Waals surface area (Å²) in [6.07, 6.45) is 3.75. The van der Waals surface area contributed by atoms with Crippen LogP contribution in [0.2, 0.25) is 0 Å². The van der Waals surface area contributed by atoms with Crippen LogP contribution in [0.4, 0.5) is 0 Å². The third-order valence-electron chi connectivity index (χ3n) is 4.70. The van der Waals surface area contributed by atoms with Crippen molar-refractivity contribution >= 4 is 17.7 Å². The summed E-state index contributed by atoms with van der Waals surface area (Å²) in [5, 5.41) is 8.20. The summed E-state index contributed by atoms with van der Waals surface area (Å²) < 4.78 is 1.90. The Kier molecular flexibility index (Phi) is 6.09. The lowest BCUT2D eigenvalue weighted by atomic mass is 10.1. The van der Waals surface area contributed by atoms with Crippen molar-refractivity contribution in [3.8, 4) is 0 Å². The molecule has 1 aromatic carbocycles. The lowest BCUT2D eigenvalue weighted by Gasteiger charge is -2.31. The molecule has 1 aromatic heterocycles. The average molecular weight is 359 g/mol. The number of benzene rings is 1. The molecule has 0 radical (unpaired) electrons. The molecule has 7 heteroatoms. The zero-order chi connectivity index (χ0) is 17.6. The van der Waals surface area contributed by atoms with Gasteiger partial charge in [0.1, 0.15) is 0 Å². The Morgan fingerprint density at radius 2 is 2.08 bits per heavy atom. The number of carbonyl (C=O) groups is 1. The first-order chi connectivity index (χ1) is 12.2. The largest absolute Gasteiger partial charge is 0.342 e. The van der Waals surface area contributed by atoms with E-state index in [2.05, 4.69) is 35.4 Å². The van der Waals surface area contributed by atoms with Gasteiger partial charge in [0.15, 0.2) is 0 Å². The van der Waals surface area contributed by atoms with Gasteiger partial charge in [0.05, 0.1) is 23.7 Å². The molecule has 0 bridgehead atoms. The molecule has 1 saturated heterocycles. The molecule has 2 heterocycles. The van der Waals surface area contributed by atoms with Crippen molar-refractivity contribution in [2.45, 2.75) is 38.1 Å². The van der Waals surface area contributed by atoms with E-state index < -0.39 is 0 Å². The van der Waals surface area contributed by atoms with Gasteiger partial charge in [-0.3, -0.25) is 4.79 Å². The molecule has 134 valence electrons. The van der Waals surface area contributed by atoms with Gasteiger partial charge in [-0.15, -0.1) is 16.9 Å². The molecule has 2 aromatic rings. The van der Waals surface area contributed by atoms with Gasteiger partial charge in [-0.2, -0.15) is 0 Å². The van der Waals surface area contributed by atoms with E-state index in [-0.39, 0.29) is 5.91 Å². The van der Waals surface area contributed by atoms with Gasteiger partial charge in [-0.25, -0.2) is 4.68 Å². The molecule has 3 rings (SSSR count). The van der Waals surface area contributed by atoms with Gasteiger partial charge in [0.2, 0.25) is 5.91 Å². The highest BCUT2D eigenvalue weighted by atomic mass is 32.2. The van der Waals surface area contributed by atoms with Crippen molar-refractivity contribution < 1.29 is 4.79 Å². The number of nitrogens with two attached hydrogens (primary N) is 1. The topological polar surface area (TPSA) is 77.0 Å². The summed E-state index contributed by atoms with van der Waals surface area (Å²) in [7, 11) is 0. The number of hydrogen-bond acceptors (Lipinski definition) is 5. The third kappa shape index (κ3) is 4.61. The van der Waals surface area contributed by atoms with Crippen molar-refractivity contribution in [2.24, 2.45) is 5.73 Å². The fourth-order valence-corrected chi connectivity index (χ4v) is 4.08. The zero-order valence-corrected chi connectivity index (χ0v) is 15.4. The maximum absolute atomic E-state index is 12.4. The lowest BCUT2D eigenvalue weighted by Crippen LogP contribution is -2.40. The van der Waals surface area contributed by atoms with E-state index in [1.807, 2.05) is 21.8 Å². The zero-order valence-electron chi connectivity index (χ0n) is 14.6. The first-order valence-corrected chi connectivity index (χ1v) is 9.83. The molecule has 0 aliphatic carbocycles. The monoisotopic (exact) mass is 359 g/mol. The Morgan fingerprint density at radius 1 is 1.32 bits per heavy atom. The van der Waals surface area contributed by atoms with Crippen LogP contribution in [0.5, 0.6) is 0 Å². The molecule has 1 fully saturated rings. The highest BCUT2D eigenvalue weighted by molar-refractivity contribution is 7.99. The van der Waals surface area contributed by atoms with E-state index in [9.17, 15) is 4.79 Å². The third-order valence-corrected chi connectivity index (χ3v) is 5.67. The first-order valence-electron chi connectivity index (χ1n) is 8.68. The number of carbonyl (C=O) groups excluding carboxylic acids is 1. The molecule has 6 nitrogen and oxygen atoms in total. The number of likely N-dealkylation sites (tertiary alicyclic amines) is 1. The standard InChI is InChI=1S/C18H25N5OS/c1-14-4-2-3-5-15(14)12-25-13-18(24)22-8-6-17(7-9-22)23-11-16(10-19)20-21-23/h2-5,11,17H,6-10,12-13,19H2,1H3. The number of aryl methyl sites for hydroxylation is 1. The smallest absolute Gasteiger partial charge is 0.232 e. The summed E-state index contributed by atoms with van der Waals surface area (Å²) in [6, 6.07) is 8.66. The minimum atomic E-state index is 0.235. The fourth-order valence-electron chi connectivity index (χ4n) is 3.08. The second-order valence-corrected chi connectivity index (χ2v) is 7.41. The average Bonchev–Trinajstić information content (AvgIpc) is 3.12. The summed E-state index contributed by atoms with van der Waals surface area (Å²) in [5.41, 5.74) is 8.98. The summed E-state index contributed by atoms with van der Waals surface area (Å²) >= 11 is 1.69. The van der Waals surface area contributed by atoms with E-state index in [0.717, 1.165) is 37.4 Å². The molecule has 0 saturated carbocycles. The summed E-state index contributed by atoms with van der Waals surface area (Å²) in [6.45, 7) is 4.09. The van der Waals surface area contributed by atoms with Crippen LogP contribution in [-0.4, -0.2) is 44.6 Å². The van der Waals surface area contributed by atoms with Gasteiger partial charge in [0.25, 0.3) is 0 Å². The molecular formula is C18H25N5OS. The van der Waals surface area contributed by atoms with E-state index in [4.69, 9.17) is 5.73 Å². The Balaban J connectivity index is 1.43. The highest BCUT2D eigenvalue weighted by Gasteiger charge is 2.24. The van der Waals surface area contributed by atoms with Crippen LogP contribution in [0.25, 0.3) is 0 Å². The van der Waals surface area contributed by atoms with E-state index in [1.165, 1.54) is 11.1 Å². The predicted molar refractivity (Wildman–Crippen MR) is 100 cm³/mol. The maximum Gasteiger partial charge on any atom is 0.232 e. The normalized spacial score (nSPS) is 15.5. The fraction of sp³-hybridized carbons (Fsp3) is 0.500. The van der Waals surface area contributed by atoms with Gasteiger partial charge < -0.3 is 10.6 Å². The molecular weight excluding hydrogens is 334 g/mol. The van der Waals surface area contributed by atoms with Crippen molar-refractivity contribution in [3.05, 3.63) is 47.3 Å². The molecule has 25 heavy (non-hydrogen) atoms. The molecule has 2 N–H and O–H groups in total. The molecule has 1 aliphatic rings. The second kappa shape index (κ2) is 8.49. The van der Waals surface area contributed by atoms with Gasteiger partial charge in [-0.1, -0.05) is 29.5 Å². The second-order valence-electron chi connectivity index (χ2n) is 6.43. The number of piperidine rings is 1. The van der Waals surface area contributed by atoms with Crippen LogP contribution in [0.3, 0.4) is 0 Å². The number of rotatable bonds is 6. The Bertz CT molecular complexity index is 709. The SMILES string of the molecule is Cc1ccccc1CSCC(=O)N1CCC(n2cc(CN)nn2)CC1. The molecule has 0 unspecified atom stereocenters. The number of hydrogen-bond donors (Lipinski definition) is 1. The van der Waals surface area contributed by atoms with Crippen LogP contribution in [-0.2, 0) is 17.1 Å². The first kappa shape index (κ1) is 17.9. The molecule has 0 spiro atoms. The van der Waals surface area contributed by atoms with E-state index in [0.29, 0.717) is 18.3 Å². The number of thioether (sulfide) groups is 1. The van der Waals surface area contributed by atoms with Crippen molar-refractivity contribution in [1.82, 2.24) is 19.9 Å². The minimum absolute atomic E-state index is 0.235. The van der Waals surface area contributed by atoms with Crippen molar-refractivity contribution in [3.63, 3.8) is 0 Å². The van der Waals surface area contributed by atoms with Crippen LogP contribution in [0, 0.1) is 6.92 Å². The molecule has 0 atom stereocenters. The number of aromatic nitrogens is 3. The van der Waals surface area contributed by atoms with Crippen LogP contribution >= 0.6 is 11.8 Å². The van der Waals surface area contributed by atoms with Crippen molar-refractivity contribution in [1.29, 1.82) is 0 Å². The van der Waals surface area contributed by atoms with E-state index >= 15 is 0 Å². The quantitative estimate of drug-likeness (QED) is 0.855. The van der Waals surface area contributed by atoms with Gasteiger partial charge in [-0.05, 0) is 30.9 Å². The van der Waals surface area contributed by atoms with Crippen molar-refractivity contribution in [2.75, 3.05) is 18.8 Å². The van der Waals surface area contributed by atoms with Crippen LogP contribution in [0.15, 0.2) is 30.5 Å². The summed E-state index contributed by atoms with van der Waals surface area (Å²) in [4.78, 5) is 14.4. The Labute approximate surface area is 152 Å². The minimum Gasteiger partial charge on any atom is -0.342 e. The lowest BCUT2D eigenvalue weighted by molar-refractivity contribution is -0.129. The summed E-state index contributed by atoms with van der Waals surface area (Å²) in [5.74, 6) is 1.66. The van der Waals surface area contributed by atoms with Crippen LogP contribution in [0.1, 0.15) is 35.7 Å². The molecule has 1 amide bonds. The number of nitrogens with zero attached hydrogens (tertiary/aromatic N) is 4. The highest BCUT2D eigenvalue weighted by Crippen LogP contribution is 2.23. The molecule has 1 aliphatic heterocycles.